The van der Waals surface area contributed by atoms with E-state index >= 15 is 0 Å². The zero-order chi connectivity index (χ0) is 14.7. The molecular weight excluding hydrogens is 248 g/mol. The van der Waals surface area contributed by atoms with Crippen LogP contribution in [0.2, 0.25) is 0 Å². The van der Waals surface area contributed by atoms with Gasteiger partial charge in [-0.3, -0.25) is 4.79 Å². The molecule has 1 rings (SSSR count). The molecule has 5 nitrogen and oxygen atoms in total. The first-order valence-corrected chi connectivity index (χ1v) is 6.03. The molecule has 0 saturated heterocycles. The van der Waals surface area contributed by atoms with Crippen molar-refractivity contribution in [3.63, 3.8) is 0 Å². The Balaban J connectivity index is 0.00000154. The predicted octanol–water partition coefficient (Wildman–Crippen LogP) is 2.33. The molecule has 0 fully saturated rings. The Morgan fingerprint density at radius 3 is 2.47 bits per heavy atom. The molecule has 5 heteroatoms. The highest BCUT2D eigenvalue weighted by molar-refractivity contribution is 5.70. The maximum Gasteiger partial charge on any atom is 0.343 e. The zero-order valence-electron chi connectivity index (χ0n) is 11.8. The number of methoxy groups -OCH3 is 1. The van der Waals surface area contributed by atoms with Crippen LogP contribution in [0.3, 0.4) is 0 Å². The van der Waals surface area contributed by atoms with E-state index in [-0.39, 0.29) is 19.2 Å². The van der Waals surface area contributed by atoms with E-state index in [9.17, 15) is 9.59 Å². The van der Waals surface area contributed by atoms with Gasteiger partial charge in [0.05, 0.1) is 7.11 Å². The van der Waals surface area contributed by atoms with Crippen molar-refractivity contribution < 1.29 is 23.8 Å². The van der Waals surface area contributed by atoms with Gasteiger partial charge in [-0.05, 0) is 17.7 Å². The van der Waals surface area contributed by atoms with E-state index in [4.69, 9.17) is 9.47 Å². The Kier molecular flexibility index (Phi) is 8.87. The van der Waals surface area contributed by atoms with Gasteiger partial charge in [0.25, 0.3) is 0 Å². The first kappa shape index (κ1) is 17.0. The van der Waals surface area contributed by atoms with Crippen molar-refractivity contribution in [3.05, 3.63) is 29.8 Å². The molecule has 106 valence electrons. The highest BCUT2D eigenvalue weighted by Crippen LogP contribution is 2.14. The molecule has 0 aromatic heterocycles. The average molecular weight is 268 g/mol. The van der Waals surface area contributed by atoms with Gasteiger partial charge in [-0.2, -0.15) is 0 Å². The molecule has 0 spiro atoms. The minimum Gasteiger partial charge on any atom is -0.482 e. The summed E-state index contributed by atoms with van der Waals surface area (Å²) < 4.78 is 14.5. The van der Waals surface area contributed by atoms with E-state index in [0.29, 0.717) is 5.75 Å². The van der Waals surface area contributed by atoms with Gasteiger partial charge in [0, 0.05) is 6.92 Å². The van der Waals surface area contributed by atoms with Crippen LogP contribution in [0.15, 0.2) is 24.3 Å². The molecule has 0 aliphatic rings. The lowest BCUT2D eigenvalue weighted by atomic mass is 10.2. The van der Waals surface area contributed by atoms with Crippen molar-refractivity contribution in [1.29, 1.82) is 0 Å². The third-order valence-electron chi connectivity index (χ3n) is 1.92. The van der Waals surface area contributed by atoms with Crippen LogP contribution in [0.5, 0.6) is 5.75 Å². The van der Waals surface area contributed by atoms with Crippen LogP contribution in [0, 0.1) is 0 Å². The Morgan fingerprint density at radius 1 is 1.21 bits per heavy atom. The minimum absolute atomic E-state index is 0.145. The number of ether oxygens (including phenoxy) is 3. The van der Waals surface area contributed by atoms with Gasteiger partial charge in [0.1, 0.15) is 12.4 Å². The molecule has 0 saturated carbocycles. The van der Waals surface area contributed by atoms with Crippen LogP contribution in [0.4, 0.5) is 0 Å². The number of rotatable bonds is 5. The second kappa shape index (κ2) is 9.94. The largest absolute Gasteiger partial charge is 0.482 e. The molecule has 0 aliphatic heterocycles. The molecule has 0 radical (unpaired) electrons. The van der Waals surface area contributed by atoms with E-state index in [2.05, 4.69) is 4.74 Å². The van der Waals surface area contributed by atoms with Gasteiger partial charge in [-0.15, -0.1) is 0 Å². The van der Waals surface area contributed by atoms with Crippen LogP contribution in [-0.2, 0) is 25.7 Å². The van der Waals surface area contributed by atoms with Crippen molar-refractivity contribution in [3.8, 4) is 5.75 Å². The number of hydrogen-bond donors (Lipinski definition) is 0. The molecule has 0 unspecified atom stereocenters. The Hall–Kier alpha value is -2.04. The van der Waals surface area contributed by atoms with Gasteiger partial charge in [0.15, 0.2) is 6.61 Å². The first-order chi connectivity index (χ1) is 9.11. The van der Waals surface area contributed by atoms with Gasteiger partial charge >= 0.3 is 11.9 Å². The molecule has 0 bridgehead atoms. The maximum absolute atomic E-state index is 10.9. The molecule has 19 heavy (non-hydrogen) atoms. The van der Waals surface area contributed by atoms with E-state index in [1.54, 1.807) is 24.3 Å². The number of esters is 2. The van der Waals surface area contributed by atoms with Gasteiger partial charge in [-0.25, -0.2) is 4.79 Å². The molecule has 0 aliphatic carbocycles. The van der Waals surface area contributed by atoms with E-state index in [1.807, 2.05) is 13.8 Å². The van der Waals surface area contributed by atoms with E-state index in [1.165, 1.54) is 14.0 Å². The third kappa shape index (κ3) is 7.81. The van der Waals surface area contributed by atoms with Crippen molar-refractivity contribution in [1.82, 2.24) is 0 Å². The summed E-state index contributed by atoms with van der Waals surface area (Å²) in [6.45, 7) is 5.38. The fourth-order valence-corrected chi connectivity index (χ4v) is 1.11. The molecule has 1 aromatic rings. The van der Waals surface area contributed by atoms with Crippen LogP contribution in [-0.4, -0.2) is 25.7 Å². The third-order valence-corrected chi connectivity index (χ3v) is 1.92. The smallest absolute Gasteiger partial charge is 0.343 e. The van der Waals surface area contributed by atoms with Crippen molar-refractivity contribution in [2.45, 2.75) is 27.4 Å². The molecule has 0 atom stereocenters. The fraction of sp³-hybridized carbons (Fsp3) is 0.429. The summed E-state index contributed by atoms with van der Waals surface area (Å²) >= 11 is 0. The second-order valence-corrected chi connectivity index (χ2v) is 3.29. The number of carbonyl (C=O) groups excluding carboxylic acids is 2. The van der Waals surface area contributed by atoms with Crippen LogP contribution in [0.1, 0.15) is 26.3 Å². The standard InChI is InChI=1S/C12H14O5.C2H6/c1-9(13)16-7-10-4-3-5-11(6-10)17-8-12(14)15-2;1-2/h3-6H,7-8H2,1-2H3;1-2H3. The maximum atomic E-state index is 10.9. The summed E-state index contributed by atoms with van der Waals surface area (Å²) in [6, 6.07) is 6.96. The van der Waals surface area contributed by atoms with Crippen molar-refractivity contribution >= 4 is 11.9 Å². The van der Waals surface area contributed by atoms with Gasteiger partial charge < -0.3 is 14.2 Å². The summed E-state index contributed by atoms with van der Waals surface area (Å²) in [7, 11) is 1.29. The molecule has 1 aromatic carbocycles. The number of benzene rings is 1. The summed E-state index contributed by atoms with van der Waals surface area (Å²) in [6.07, 6.45) is 0. The van der Waals surface area contributed by atoms with Crippen molar-refractivity contribution in [2.75, 3.05) is 13.7 Å². The van der Waals surface area contributed by atoms with Gasteiger partial charge in [-0.1, -0.05) is 26.0 Å². The highest BCUT2D eigenvalue weighted by atomic mass is 16.6. The monoisotopic (exact) mass is 268 g/mol. The topological polar surface area (TPSA) is 61.8 Å². The lowest BCUT2D eigenvalue weighted by molar-refractivity contribution is -0.143. The SMILES string of the molecule is CC.COC(=O)COc1cccc(COC(C)=O)c1. The van der Waals surface area contributed by atoms with Gasteiger partial charge in [0.2, 0.25) is 0 Å². The highest BCUT2D eigenvalue weighted by Gasteiger charge is 2.03. The van der Waals surface area contributed by atoms with E-state index < -0.39 is 5.97 Å². The van der Waals surface area contributed by atoms with Crippen LogP contribution < -0.4 is 4.74 Å². The Labute approximate surface area is 113 Å². The minimum atomic E-state index is -0.449. The molecular formula is C14H20O5. The summed E-state index contributed by atoms with van der Waals surface area (Å²) in [5.74, 6) is -0.263. The molecule has 0 amide bonds. The number of hydrogen-bond acceptors (Lipinski definition) is 5. The lowest BCUT2D eigenvalue weighted by Gasteiger charge is -2.07. The summed E-state index contributed by atoms with van der Waals surface area (Å²) in [5.41, 5.74) is 0.794. The Bertz CT molecular complexity index is 401. The predicted molar refractivity (Wildman–Crippen MR) is 70.8 cm³/mol. The summed E-state index contributed by atoms with van der Waals surface area (Å²) in [5, 5.41) is 0. The van der Waals surface area contributed by atoms with E-state index in [0.717, 1.165) is 5.56 Å². The average Bonchev–Trinajstić information content (AvgIpc) is 2.45. The second-order valence-electron chi connectivity index (χ2n) is 3.29. The van der Waals surface area contributed by atoms with Crippen LogP contribution >= 0.6 is 0 Å². The molecule has 0 heterocycles. The zero-order valence-corrected chi connectivity index (χ0v) is 11.8. The summed E-state index contributed by atoms with van der Waals surface area (Å²) in [4.78, 5) is 21.5. The van der Waals surface area contributed by atoms with Crippen molar-refractivity contribution in [2.24, 2.45) is 0 Å². The lowest BCUT2D eigenvalue weighted by Crippen LogP contribution is -2.12. The van der Waals surface area contributed by atoms with Crippen LogP contribution in [0.25, 0.3) is 0 Å². The molecule has 0 N–H and O–H groups in total. The normalized spacial score (nSPS) is 8.84. The number of carbonyl (C=O) groups is 2. The fourth-order valence-electron chi connectivity index (χ4n) is 1.11. The quantitative estimate of drug-likeness (QED) is 0.767. The first-order valence-electron chi connectivity index (χ1n) is 6.03. The Morgan fingerprint density at radius 2 is 1.89 bits per heavy atom.